The molecular weight excluding hydrogens is 595 g/mol. The molecule has 6 atom stereocenters. The Labute approximate surface area is 289 Å². The van der Waals surface area contributed by atoms with E-state index in [0.29, 0.717) is 23.7 Å². The van der Waals surface area contributed by atoms with Gasteiger partial charge in [-0.3, -0.25) is 4.99 Å². The normalized spacial score (nSPS) is 27.1. The van der Waals surface area contributed by atoms with Crippen LogP contribution in [0.15, 0.2) is 174 Å². The first-order chi connectivity index (χ1) is 24.3. The van der Waals surface area contributed by atoms with Crippen LogP contribution in [0.3, 0.4) is 0 Å². The summed E-state index contributed by atoms with van der Waals surface area (Å²) in [5.41, 5.74) is 14.3. The van der Waals surface area contributed by atoms with Crippen LogP contribution in [0.1, 0.15) is 70.1 Å². The van der Waals surface area contributed by atoms with Crippen LogP contribution in [0.4, 0.5) is 11.4 Å². The number of benzene rings is 4. The van der Waals surface area contributed by atoms with Gasteiger partial charge in [0.2, 0.25) is 0 Å². The topological polar surface area (TPSA) is 27.6 Å². The molecule has 0 bridgehead atoms. The lowest BCUT2D eigenvalue weighted by Crippen LogP contribution is -2.33. The summed E-state index contributed by atoms with van der Waals surface area (Å²) in [6, 6.07) is 35.8. The number of fused-ring (bicyclic) bond motifs is 6. The minimum absolute atomic E-state index is 0.0334. The number of rotatable bonds is 4. The second-order valence-electron chi connectivity index (χ2n) is 14.2. The van der Waals surface area contributed by atoms with Crippen molar-refractivity contribution in [2.75, 3.05) is 16.8 Å². The van der Waals surface area contributed by atoms with Crippen molar-refractivity contribution in [3.05, 3.63) is 202 Å². The Balaban J connectivity index is 0.980. The van der Waals surface area contributed by atoms with E-state index in [1.54, 1.807) is 0 Å². The standard InChI is InChI=1S/C46H39N3/c1-2-12-30(13-3-1)33-14-10-15-34(28-33)41-29-47-44(39-20-7-6-18-37(39)41)31-24-26-32(27-25-31)46-48-42-22-11-21-40-36-17-5-4-16-35(36)38-19-8-9-23-43(38)49(46)45(40)42/h1-13,15-18,20-28,33,35-36,38,41,46,48H,14,19,29H2. The molecule has 0 fully saturated rings. The monoisotopic (exact) mass is 633 g/mol. The molecule has 3 aliphatic carbocycles. The van der Waals surface area contributed by atoms with E-state index in [9.17, 15) is 0 Å². The molecule has 3 nitrogen and oxygen atoms in total. The Kier molecular flexibility index (Phi) is 6.79. The number of anilines is 2. The van der Waals surface area contributed by atoms with E-state index in [1.807, 2.05) is 0 Å². The first kappa shape index (κ1) is 28.6. The third-order valence-corrected chi connectivity index (χ3v) is 11.6. The summed E-state index contributed by atoms with van der Waals surface area (Å²) in [7, 11) is 0. The van der Waals surface area contributed by atoms with Crippen molar-refractivity contribution in [2.24, 2.45) is 16.8 Å². The molecule has 3 aliphatic heterocycles. The van der Waals surface area contributed by atoms with E-state index in [2.05, 4.69) is 168 Å². The van der Waals surface area contributed by atoms with Crippen LogP contribution in [0, 0.1) is 11.8 Å². The maximum absolute atomic E-state index is 5.30. The first-order valence-electron chi connectivity index (χ1n) is 17.9. The highest BCUT2D eigenvalue weighted by Crippen LogP contribution is 2.56. The average Bonchev–Trinajstić information content (AvgIpc) is 3.52. The third kappa shape index (κ3) is 4.67. The summed E-state index contributed by atoms with van der Waals surface area (Å²) < 4.78 is 0. The number of hydrogen-bond acceptors (Lipinski definition) is 3. The van der Waals surface area contributed by atoms with Crippen LogP contribution >= 0.6 is 0 Å². The number of para-hydroxylation sites is 1. The summed E-state index contributed by atoms with van der Waals surface area (Å²) in [6.45, 7) is 0.760. The zero-order valence-corrected chi connectivity index (χ0v) is 27.5. The van der Waals surface area contributed by atoms with Crippen molar-refractivity contribution in [1.82, 2.24) is 0 Å². The fourth-order valence-corrected chi connectivity index (χ4v) is 9.25. The van der Waals surface area contributed by atoms with Crippen molar-refractivity contribution in [1.29, 1.82) is 0 Å². The van der Waals surface area contributed by atoms with Crippen LogP contribution in [-0.4, -0.2) is 12.3 Å². The fourth-order valence-electron chi connectivity index (χ4n) is 9.25. The molecule has 6 unspecified atom stereocenters. The molecule has 0 radical (unpaired) electrons. The molecular formula is C46H39N3. The Morgan fingerprint density at radius 1 is 0.714 bits per heavy atom. The SMILES string of the molecule is C1=CCC2C(=C1)N1c3c(cccc3C3C=CC=CC23)NC1c1ccc(C2=NCC(C3=CC(c4ccccc4)CC=C3)c3ccccc32)cc1. The summed E-state index contributed by atoms with van der Waals surface area (Å²) in [5.74, 6) is 1.95. The van der Waals surface area contributed by atoms with Crippen LogP contribution < -0.4 is 10.2 Å². The van der Waals surface area contributed by atoms with Crippen LogP contribution in [0.25, 0.3) is 0 Å². The van der Waals surface area contributed by atoms with Crippen molar-refractivity contribution >= 4 is 17.1 Å². The second-order valence-corrected chi connectivity index (χ2v) is 14.2. The molecule has 0 saturated carbocycles. The zero-order chi connectivity index (χ0) is 32.3. The highest BCUT2D eigenvalue weighted by Gasteiger charge is 2.45. The predicted molar refractivity (Wildman–Crippen MR) is 202 cm³/mol. The van der Waals surface area contributed by atoms with Gasteiger partial charge in [-0.1, -0.05) is 146 Å². The van der Waals surface area contributed by atoms with E-state index >= 15 is 0 Å². The highest BCUT2D eigenvalue weighted by molar-refractivity contribution is 6.14. The maximum atomic E-state index is 5.30. The largest absolute Gasteiger partial charge is 0.359 e. The summed E-state index contributed by atoms with van der Waals surface area (Å²) >= 11 is 0. The van der Waals surface area contributed by atoms with Gasteiger partial charge >= 0.3 is 0 Å². The van der Waals surface area contributed by atoms with E-state index in [-0.39, 0.29) is 12.1 Å². The minimum atomic E-state index is 0.0334. The van der Waals surface area contributed by atoms with E-state index in [4.69, 9.17) is 4.99 Å². The molecule has 4 aromatic rings. The molecule has 4 aromatic carbocycles. The quantitative estimate of drug-likeness (QED) is 0.242. The molecule has 10 rings (SSSR count). The van der Waals surface area contributed by atoms with E-state index in [1.165, 1.54) is 56.0 Å². The average molecular weight is 634 g/mol. The van der Waals surface area contributed by atoms with Gasteiger partial charge in [0.15, 0.2) is 0 Å². The van der Waals surface area contributed by atoms with Crippen molar-refractivity contribution < 1.29 is 0 Å². The van der Waals surface area contributed by atoms with Crippen LogP contribution in [-0.2, 0) is 0 Å². The fraction of sp³-hybridized carbons (Fsp3) is 0.196. The Bertz CT molecular complexity index is 2160. The minimum Gasteiger partial charge on any atom is -0.359 e. The van der Waals surface area contributed by atoms with Crippen LogP contribution in [0.5, 0.6) is 0 Å². The molecule has 0 aromatic heterocycles. The Morgan fingerprint density at radius 3 is 2.47 bits per heavy atom. The molecule has 3 heteroatoms. The van der Waals surface area contributed by atoms with Gasteiger partial charge in [-0.25, -0.2) is 0 Å². The smallest absolute Gasteiger partial charge is 0.130 e. The molecule has 6 aliphatic rings. The van der Waals surface area contributed by atoms with Crippen molar-refractivity contribution in [3.63, 3.8) is 0 Å². The Hall–Kier alpha value is -5.41. The number of aliphatic imine (C=N–C) groups is 1. The van der Waals surface area contributed by atoms with E-state index in [0.717, 1.165) is 25.1 Å². The molecule has 0 amide bonds. The van der Waals surface area contributed by atoms with Gasteiger partial charge in [0.1, 0.15) is 6.17 Å². The molecule has 0 spiro atoms. The summed E-state index contributed by atoms with van der Waals surface area (Å²) in [5, 5.41) is 3.94. The van der Waals surface area contributed by atoms with Gasteiger partial charge in [-0.05, 0) is 58.7 Å². The van der Waals surface area contributed by atoms with Gasteiger partial charge in [0, 0.05) is 40.5 Å². The van der Waals surface area contributed by atoms with Crippen molar-refractivity contribution in [2.45, 2.75) is 36.8 Å². The third-order valence-electron chi connectivity index (χ3n) is 11.6. The molecule has 238 valence electrons. The maximum Gasteiger partial charge on any atom is 0.130 e. The Morgan fingerprint density at radius 2 is 1.55 bits per heavy atom. The van der Waals surface area contributed by atoms with Crippen LogP contribution in [0.2, 0.25) is 0 Å². The number of nitrogens with one attached hydrogen (secondary N) is 1. The number of hydrogen-bond donors (Lipinski definition) is 1. The number of nitrogens with zero attached hydrogens (tertiary/aromatic N) is 2. The molecule has 49 heavy (non-hydrogen) atoms. The lowest BCUT2D eigenvalue weighted by Gasteiger charge is -2.36. The van der Waals surface area contributed by atoms with Gasteiger partial charge in [-0.15, -0.1) is 0 Å². The zero-order valence-electron chi connectivity index (χ0n) is 27.5. The highest BCUT2D eigenvalue weighted by atomic mass is 15.3. The van der Waals surface area contributed by atoms with Gasteiger partial charge in [-0.2, -0.15) is 0 Å². The predicted octanol–water partition coefficient (Wildman–Crippen LogP) is 10.5. The molecule has 0 saturated heterocycles. The number of allylic oxidation sites excluding steroid dienone is 11. The van der Waals surface area contributed by atoms with Crippen molar-refractivity contribution in [3.8, 4) is 0 Å². The summed E-state index contributed by atoms with van der Waals surface area (Å²) in [6.07, 6.45) is 25.6. The lowest BCUT2D eigenvalue weighted by molar-refractivity contribution is 0.413. The van der Waals surface area contributed by atoms with Gasteiger partial charge in [0.05, 0.1) is 23.6 Å². The molecule has 1 N–H and O–H groups in total. The van der Waals surface area contributed by atoms with Gasteiger partial charge in [0.25, 0.3) is 0 Å². The first-order valence-corrected chi connectivity index (χ1v) is 17.9. The molecule has 3 heterocycles. The second kappa shape index (κ2) is 11.6. The van der Waals surface area contributed by atoms with E-state index < -0.39 is 0 Å². The lowest BCUT2D eigenvalue weighted by atomic mass is 9.73. The summed E-state index contributed by atoms with van der Waals surface area (Å²) in [4.78, 5) is 7.91. The van der Waals surface area contributed by atoms with Gasteiger partial charge < -0.3 is 10.2 Å².